The predicted molar refractivity (Wildman–Crippen MR) is 77.0 cm³/mol. The second kappa shape index (κ2) is 6.23. The van der Waals surface area contributed by atoms with Gasteiger partial charge in [0.25, 0.3) is 0 Å². The Hall–Kier alpha value is -1.30. The number of nitrogen functional groups attached to an aromatic ring is 1. The summed E-state index contributed by atoms with van der Waals surface area (Å²) >= 11 is 0. The monoisotopic (exact) mass is 266 g/mol. The van der Waals surface area contributed by atoms with E-state index in [4.69, 9.17) is 5.73 Å². The molecule has 1 heterocycles. The van der Waals surface area contributed by atoms with E-state index in [1.54, 1.807) is 0 Å². The molecule has 0 bridgehead atoms. The molecule has 1 aromatic rings. The highest BCUT2D eigenvalue weighted by molar-refractivity contribution is 5.53. The van der Waals surface area contributed by atoms with E-state index in [0.717, 1.165) is 49.4 Å². The van der Waals surface area contributed by atoms with Crippen molar-refractivity contribution in [2.24, 2.45) is 0 Å². The lowest BCUT2D eigenvalue weighted by molar-refractivity contribution is -0.929. The molecule has 0 aliphatic carbocycles. The number of nitrogens with two attached hydrogens (primary N) is 1. The van der Waals surface area contributed by atoms with Crippen LogP contribution < -0.4 is 10.6 Å². The quantitative estimate of drug-likeness (QED) is 0.514. The highest BCUT2D eigenvalue weighted by Gasteiger charge is 2.31. The summed E-state index contributed by atoms with van der Waals surface area (Å²) in [6.45, 7) is 5.65. The molecule has 0 unspecified atom stereocenters. The summed E-state index contributed by atoms with van der Waals surface area (Å²) in [5.74, 6) is 0. The van der Waals surface area contributed by atoms with Crippen molar-refractivity contribution in [2.45, 2.75) is 0 Å². The van der Waals surface area contributed by atoms with E-state index in [-0.39, 0.29) is 13.2 Å². The lowest BCUT2D eigenvalue weighted by Gasteiger charge is -2.45. The number of nitrogens with zero attached hydrogens (tertiary/aromatic N) is 2. The van der Waals surface area contributed by atoms with Crippen LogP contribution in [0, 0.1) is 0 Å². The molecule has 0 spiro atoms. The molecule has 4 N–H and O–H groups in total. The molecule has 0 saturated carbocycles. The number of rotatable bonds is 5. The van der Waals surface area contributed by atoms with Crippen molar-refractivity contribution in [1.29, 1.82) is 0 Å². The summed E-state index contributed by atoms with van der Waals surface area (Å²) in [4.78, 5) is 2.34. The van der Waals surface area contributed by atoms with Gasteiger partial charge in [-0.25, -0.2) is 0 Å². The van der Waals surface area contributed by atoms with Crippen LogP contribution in [0.2, 0.25) is 0 Å². The van der Waals surface area contributed by atoms with Gasteiger partial charge in [0.15, 0.2) is 0 Å². The molecular weight excluding hydrogens is 242 g/mol. The fraction of sp³-hybridized carbons (Fsp3) is 0.571. The van der Waals surface area contributed by atoms with E-state index in [2.05, 4.69) is 4.90 Å². The van der Waals surface area contributed by atoms with E-state index in [1.165, 1.54) is 5.69 Å². The maximum absolute atomic E-state index is 9.20. The van der Waals surface area contributed by atoms with E-state index in [9.17, 15) is 10.2 Å². The molecular formula is C14H24N3O2+. The number of piperazine rings is 1. The van der Waals surface area contributed by atoms with Crippen LogP contribution in [0.5, 0.6) is 0 Å². The summed E-state index contributed by atoms with van der Waals surface area (Å²) in [5.41, 5.74) is 7.68. The Morgan fingerprint density at radius 2 is 1.53 bits per heavy atom. The van der Waals surface area contributed by atoms with Crippen molar-refractivity contribution < 1.29 is 14.7 Å². The summed E-state index contributed by atoms with van der Waals surface area (Å²) in [6, 6.07) is 7.95. The number of quaternary nitrogens is 1. The number of aliphatic hydroxyl groups excluding tert-OH is 2. The van der Waals surface area contributed by atoms with Crippen LogP contribution in [0.25, 0.3) is 0 Å². The number of hydrogen-bond donors (Lipinski definition) is 3. The first-order valence-electron chi connectivity index (χ1n) is 6.86. The van der Waals surface area contributed by atoms with Crippen LogP contribution in [-0.2, 0) is 0 Å². The van der Waals surface area contributed by atoms with Crippen molar-refractivity contribution in [3.63, 3.8) is 0 Å². The van der Waals surface area contributed by atoms with Gasteiger partial charge in [-0.1, -0.05) is 0 Å². The van der Waals surface area contributed by atoms with Crippen LogP contribution >= 0.6 is 0 Å². The first-order valence-corrected chi connectivity index (χ1v) is 6.86. The zero-order valence-electron chi connectivity index (χ0n) is 11.3. The summed E-state index contributed by atoms with van der Waals surface area (Å²) < 4.78 is 0.818. The summed E-state index contributed by atoms with van der Waals surface area (Å²) in [7, 11) is 0. The minimum absolute atomic E-state index is 0.182. The van der Waals surface area contributed by atoms with E-state index >= 15 is 0 Å². The van der Waals surface area contributed by atoms with Gasteiger partial charge in [-0.2, -0.15) is 0 Å². The standard InChI is InChI=1S/C14H24N3O2/c15-13-1-3-14(4-2-13)16-5-7-17(8-6-16,9-11-18)10-12-19/h1-4,18-19H,5-12,15H2/q+1. The molecule has 1 aliphatic rings. The van der Waals surface area contributed by atoms with Crippen molar-refractivity contribution >= 4 is 11.4 Å². The average Bonchev–Trinajstić information content (AvgIpc) is 2.41. The van der Waals surface area contributed by atoms with Gasteiger partial charge >= 0.3 is 0 Å². The first kappa shape index (κ1) is 14.1. The molecule has 0 amide bonds. The Bertz CT molecular complexity index is 378. The van der Waals surface area contributed by atoms with Gasteiger partial charge in [0.05, 0.1) is 39.4 Å². The smallest absolute Gasteiger partial charge is 0.102 e. The summed E-state index contributed by atoms with van der Waals surface area (Å²) in [5, 5.41) is 18.4. The van der Waals surface area contributed by atoms with E-state index in [1.807, 2.05) is 24.3 Å². The Labute approximate surface area is 114 Å². The molecule has 0 radical (unpaired) electrons. The molecule has 5 heteroatoms. The molecule has 5 nitrogen and oxygen atoms in total. The molecule has 1 aromatic carbocycles. The van der Waals surface area contributed by atoms with Gasteiger partial charge in [-0.3, -0.25) is 0 Å². The molecule has 1 saturated heterocycles. The largest absolute Gasteiger partial charge is 0.399 e. The lowest BCUT2D eigenvalue weighted by Crippen LogP contribution is -2.61. The maximum atomic E-state index is 9.20. The molecule has 0 atom stereocenters. The third-order valence-corrected chi connectivity index (χ3v) is 4.10. The zero-order chi connectivity index (χ0) is 13.7. The van der Waals surface area contributed by atoms with Crippen molar-refractivity contribution in [3.05, 3.63) is 24.3 Å². The minimum Gasteiger partial charge on any atom is -0.399 e. The molecule has 106 valence electrons. The zero-order valence-corrected chi connectivity index (χ0v) is 11.3. The topological polar surface area (TPSA) is 69.7 Å². The molecule has 2 rings (SSSR count). The number of benzene rings is 1. The predicted octanol–water partition coefficient (Wildman–Crippen LogP) is -0.110. The third-order valence-electron chi connectivity index (χ3n) is 4.10. The van der Waals surface area contributed by atoms with Crippen molar-refractivity contribution in [2.75, 3.05) is 63.1 Å². The van der Waals surface area contributed by atoms with Crippen LogP contribution in [-0.4, -0.2) is 67.2 Å². The van der Waals surface area contributed by atoms with E-state index < -0.39 is 0 Å². The van der Waals surface area contributed by atoms with Crippen molar-refractivity contribution in [1.82, 2.24) is 0 Å². The highest BCUT2D eigenvalue weighted by atomic mass is 16.3. The van der Waals surface area contributed by atoms with Crippen molar-refractivity contribution in [3.8, 4) is 0 Å². The average molecular weight is 266 g/mol. The van der Waals surface area contributed by atoms with Crippen LogP contribution in [0.4, 0.5) is 11.4 Å². The normalized spacial score (nSPS) is 18.5. The van der Waals surface area contributed by atoms with Crippen LogP contribution in [0.3, 0.4) is 0 Å². The Morgan fingerprint density at radius 3 is 2.00 bits per heavy atom. The van der Waals surface area contributed by atoms with Gasteiger partial charge in [0, 0.05) is 11.4 Å². The first-order chi connectivity index (χ1) is 9.19. The number of hydrogen-bond acceptors (Lipinski definition) is 4. The molecule has 1 fully saturated rings. The Morgan fingerprint density at radius 1 is 1.00 bits per heavy atom. The number of aliphatic hydroxyl groups is 2. The fourth-order valence-corrected chi connectivity index (χ4v) is 2.82. The van der Waals surface area contributed by atoms with Gasteiger partial charge < -0.3 is 25.3 Å². The SMILES string of the molecule is Nc1ccc(N2CC[N+](CCO)(CCO)CC2)cc1. The third kappa shape index (κ3) is 3.37. The highest BCUT2D eigenvalue weighted by Crippen LogP contribution is 2.21. The summed E-state index contributed by atoms with van der Waals surface area (Å²) in [6.07, 6.45) is 0. The van der Waals surface area contributed by atoms with Crippen LogP contribution in [0.1, 0.15) is 0 Å². The second-order valence-corrected chi connectivity index (χ2v) is 5.26. The van der Waals surface area contributed by atoms with Gasteiger partial charge in [-0.05, 0) is 24.3 Å². The maximum Gasteiger partial charge on any atom is 0.102 e. The molecule has 1 aliphatic heterocycles. The molecule has 19 heavy (non-hydrogen) atoms. The van der Waals surface area contributed by atoms with Gasteiger partial charge in [-0.15, -0.1) is 0 Å². The minimum atomic E-state index is 0.182. The van der Waals surface area contributed by atoms with E-state index in [0.29, 0.717) is 0 Å². The number of anilines is 2. The fourth-order valence-electron chi connectivity index (χ4n) is 2.82. The molecule has 0 aromatic heterocycles. The van der Waals surface area contributed by atoms with Gasteiger partial charge in [0.1, 0.15) is 13.1 Å². The van der Waals surface area contributed by atoms with Gasteiger partial charge in [0.2, 0.25) is 0 Å². The Kier molecular flexibility index (Phi) is 4.63. The second-order valence-electron chi connectivity index (χ2n) is 5.26. The Balaban J connectivity index is 1.99. The van der Waals surface area contributed by atoms with Crippen LogP contribution in [0.15, 0.2) is 24.3 Å². The lowest BCUT2D eigenvalue weighted by atomic mass is 10.2.